The number of Topliss-reactive ketones (excluding diaryl/α,β-unsaturated/α-hetero) is 1. The molecule has 0 saturated heterocycles. The van der Waals surface area contributed by atoms with Gasteiger partial charge in [0.15, 0.2) is 0 Å². The monoisotopic (exact) mass is 273 g/mol. The number of benzene rings is 1. The summed E-state index contributed by atoms with van der Waals surface area (Å²) in [5.41, 5.74) is -0.905. The van der Waals surface area contributed by atoms with Gasteiger partial charge >= 0.3 is 6.18 Å². The Morgan fingerprint density at radius 1 is 1.16 bits per heavy atom. The lowest BCUT2D eigenvalue weighted by atomic mass is 10.1. The largest absolute Gasteiger partial charge is 0.416 e. The Morgan fingerprint density at radius 2 is 1.74 bits per heavy atom. The Hall–Kier alpha value is -1.85. The molecule has 0 radical (unpaired) electrons. The number of hydrogen-bond donors (Lipinski definition) is 1. The van der Waals surface area contributed by atoms with Crippen LogP contribution in [0.3, 0.4) is 0 Å². The van der Waals surface area contributed by atoms with Crippen LogP contribution in [0.1, 0.15) is 35.7 Å². The third-order valence-electron chi connectivity index (χ3n) is 2.50. The van der Waals surface area contributed by atoms with Crippen LogP contribution in [0.25, 0.3) is 0 Å². The molecule has 0 aliphatic heterocycles. The van der Waals surface area contributed by atoms with Crippen molar-refractivity contribution < 1.29 is 22.8 Å². The number of amides is 1. The van der Waals surface area contributed by atoms with Gasteiger partial charge in [0.1, 0.15) is 0 Å². The summed E-state index contributed by atoms with van der Waals surface area (Å²) >= 11 is 0. The molecule has 1 amide bonds. The third-order valence-corrected chi connectivity index (χ3v) is 2.50. The minimum Gasteiger partial charge on any atom is -0.349 e. The second kappa shape index (κ2) is 6.36. The van der Waals surface area contributed by atoms with E-state index in [-0.39, 0.29) is 5.56 Å². The molecule has 0 heterocycles. The summed E-state index contributed by atoms with van der Waals surface area (Å²) in [6.45, 7) is 2.31. The van der Waals surface area contributed by atoms with Gasteiger partial charge < -0.3 is 5.32 Å². The first kappa shape index (κ1) is 15.2. The minimum absolute atomic E-state index is 0.0537. The van der Waals surface area contributed by atoms with E-state index < -0.39 is 23.4 Å². The topological polar surface area (TPSA) is 46.2 Å². The zero-order valence-corrected chi connectivity index (χ0v) is 10.4. The van der Waals surface area contributed by atoms with Gasteiger partial charge in [-0.05, 0) is 18.6 Å². The van der Waals surface area contributed by atoms with Crippen LogP contribution in [0.4, 0.5) is 13.2 Å². The molecule has 1 aromatic carbocycles. The lowest BCUT2D eigenvalue weighted by Crippen LogP contribution is -2.31. The van der Waals surface area contributed by atoms with Crippen molar-refractivity contribution in [3.63, 3.8) is 0 Å². The summed E-state index contributed by atoms with van der Waals surface area (Å²) in [6, 6.07) is 3.58. The molecule has 0 spiro atoms. The highest BCUT2D eigenvalue weighted by molar-refractivity contribution is 6.42. The van der Waals surface area contributed by atoms with Crippen LogP contribution in [-0.4, -0.2) is 18.2 Å². The molecule has 0 unspecified atom stereocenters. The van der Waals surface area contributed by atoms with Gasteiger partial charge in [0.25, 0.3) is 5.91 Å². The van der Waals surface area contributed by atoms with Gasteiger partial charge in [-0.15, -0.1) is 0 Å². The average Bonchev–Trinajstić information content (AvgIpc) is 2.37. The van der Waals surface area contributed by atoms with Crippen molar-refractivity contribution in [3.05, 3.63) is 35.4 Å². The molecule has 0 bridgehead atoms. The number of carbonyl (C=O) groups excluding carboxylic acids is 2. The van der Waals surface area contributed by atoms with Crippen LogP contribution in [0, 0.1) is 0 Å². The van der Waals surface area contributed by atoms with Crippen LogP contribution in [0.5, 0.6) is 0 Å². The Bertz CT molecular complexity index is 452. The van der Waals surface area contributed by atoms with E-state index in [9.17, 15) is 22.8 Å². The molecule has 0 fully saturated rings. The van der Waals surface area contributed by atoms with Crippen LogP contribution < -0.4 is 5.32 Å². The summed E-state index contributed by atoms with van der Waals surface area (Å²) in [5, 5.41) is 2.42. The Labute approximate surface area is 108 Å². The van der Waals surface area contributed by atoms with Crippen molar-refractivity contribution in [2.75, 3.05) is 6.54 Å². The standard InChI is InChI=1S/C13H14F3NO2/c1-2-3-8-17-12(19)11(18)9-4-6-10(7-5-9)13(14,15)16/h4-7H,2-3,8H2,1H3,(H,17,19). The fourth-order valence-electron chi connectivity index (χ4n) is 1.40. The smallest absolute Gasteiger partial charge is 0.349 e. The highest BCUT2D eigenvalue weighted by Crippen LogP contribution is 2.29. The molecule has 0 aliphatic rings. The highest BCUT2D eigenvalue weighted by atomic mass is 19.4. The van der Waals surface area contributed by atoms with Crippen LogP contribution in [0.2, 0.25) is 0 Å². The van der Waals surface area contributed by atoms with E-state index in [1.807, 2.05) is 6.92 Å². The predicted octanol–water partition coefficient (Wildman–Crippen LogP) is 2.80. The Balaban J connectivity index is 2.70. The Morgan fingerprint density at radius 3 is 2.21 bits per heavy atom. The maximum atomic E-state index is 12.3. The second-order valence-corrected chi connectivity index (χ2v) is 4.01. The van der Waals surface area contributed by atoms with Crippen molar-refractivity contribution >= 4 is 11.7 Å². The summed E-state index contributed by atoms with van der Waals surface area (Å²) in [6.07, 6.45) is -2.84. The maximum Gasteiger partial charge on any atom is 0.416 e. The molecule has 0 atom stereocenters. The zero-order valence-electron chi connectivity index (χ0n) is 10.4. The zero-order chi connectivity index (χ0) is 14.5. The fraction of sp³-hybridized carbons (Fsp3) is 0.385. The first-order valence-electron chi connectivity index (χ1n) is 5.86. The first-order valence-corrected chi connectivity index (χ1v) is 5.86. The van der Waals surface area contributed by atoms with Crippen molar-refractivity contribution in [2.24, 2.45) is 0 Å². The molecule has 19 heavy (non-hydrogen) atoms. The molecular formula is C13H14F3NO2. The molecule has 6 heteroatoms. The first-order chi connectivity index (χ1) is 8.86. The van der Waals surface area contributed by atoms with Crippen molar-refractivity contribution in [3.8, 4) is 0 Å². The van der Waals surface area contributed by atoms with E-state index in [1.165, 1.54) is 0 Å². The summed E-state index contributed by atoms with van der Waals surface area (Å²) in [5.74, 6) is -1.63. The number of nitrogens with one attached hydrogen (secondary N) is 1. The van der Waals surface area contributed by atoms with Gasteiger partial charge in [-0.1, -0.05) is 25.5 Å². The number of rotatable bonds is 5. The number of halogens is 3. The average molecular weight is 273 g/mol. The molecular weight excluding hydrogens is 259 g/mol. The van der Waals surface area contributed by atoms with Crippen LogP contribution in [-0.2, 0) is 11.0 Å². The van der Waals surface area contributed by atoms with Crippen molar-refractivity contribution in [1.82, 2.24) is 5.32 Å². The highest BCUT2D eigenvalue weighted by Gasteiger charge is 2.30. The number of alkyl halides is 3. The van der Waals surface area contributed by atoms with Crippen molar-refractivity contribution in [2.45, 2.75) is 25.9 Å². The minimum atomic E-state index is -4.45. The van der Waals surface area contributed by atoms with Gasteiger partial charge in [0, 0.05) is 12.1 Å². The van der Waals surface area contributed by atoms with Gasteiger partial charge in [-0.3, -0.25) is 9.59 Å². The van der Waals surface area contributed by atoms with Crippen LogP contribution >= 0.6 is 0 Å². The van der Waals surface area contributed by atoms with Crippen LogP contribution in [0.15, 0.2) is 24.3 Å². The van der Waals surface area contributed by atoms with Crippen molar-refractivity contribution in [1.29, 1.82) is 0 Å². The van der Waals surface area contributed by atoms with Gasteiger partial charge in [-0.2, -0.15) is 13.2 Å². The van der Waals surface area contributed by atoms with E-state index in [0.717, 1.165) is 37.1 Å². The number of ketones is 1. The molecule has 3 nitrogen and oxygen atoms in total. The second-order valence-electron chi connectivity index (χ2n) is 4.01. The molecule has 0 aliphatic carbocycles. The molecule has 1 rings (SSSR count). The normalized spacial score (nSPS) is 11.2. The Kier molecular flexibility index (Phi) is 5.09. The lowest BCUT2D eigenvalue weighted by Gasteiger charge is -2.07. The van der Waals surface area contributed by atoms with E-state index in [0.29, 0.717) is 6.54 Å². The predicted molar refractivity (Wildman–Crippen MR) is 63.7 cm³/mol. The third kappa shape index (κ3) is 4.39. The molecule has 0 aromatic heterocycles. The lowest BCUT2D eigenvalue weighted by molar-refractivity contribution is -0.137. The number of unbranched alkanes of at least 4 members (excludes halogenated alkanes) is 1. The number of hydrogen-bond acceptors (Lipinski definition) is 2. The molecule has 0 saturated carbocycles. The number of carbonyl (C=O) groups is 2. The molecule has 104 valence electrons. The quantitative estimate of drug-likeness (QED) is 0.509. The SMILES string of the molecule is CCCCNC(=O)C(=O)c1ccc(C(F)(F)F)cc1. The van der Waals surface area contributed by atoms with E-state index in [4.69, 9.17) is 0 Å². The molecule has 1 aromatic rings. The van der Waals surface area contributed by atoms with E-state index >= 15 is 0 Å². The maximum absolute atomic E-state index is 12.3. The molecule has 1 N–H and O–H groups in total. The summed E-state index contributed by atoms with van der Waals surface area (Å²) in [7, 11) is 0. The fourth-order valence-corrected chi connectivity index (χ4v) is 1.40. The van der Waals surface area contributed by atoms with Gasteiger partial charge in [0.05, 0.1) is 5.56 Å². The summed E-state index contributed by atoms with van der Waals surface area (Å²) in [4.78, 5) is 23.0. The van der Waals surface area contributed by atoms with E-state index in [1.54, 1.807) is 0 Å². The van der Waals surface area contributed by atoms with Gasteiger partial charge in [0.2, 0.25) is 5.78 Å². The van der Waals surface area contributed by atoms with E-state index in [2.05, 4.69) is 5.32 Å². The van der Waals surface area contributed by atoms with Gasteiger partial charge in [-0.25, -0.2) is 0 Å². The summed E-state index contributed by atoms with van der Waals surface area (Å²) < 4.78 is 37.0.